The fourth-order valence-corrected chi connectivity index (χ4v) is 2.42. The first-order valence-electron chi connectivity index (χ1n) is 5.76. The lowest BCUT2D eigenvalue weighted by atomic mass is 10.0. The largest absolute Gasteiger partial charge is 0.294 e. The summed E-state index contributed by atoms with van der Waals surface area (Å²) in [6.45, 7) is 6.77. The molecule has 1 aromatic rings. The summed E-state index contributed by atoms with van der Waals surface area (Å²) in [5.74, 6) is 0.740. The van der Waals surface area contributed by atoms with Crippen LogP contribution in [0.3, 0.4) is 0 Å². The van der Waals surface area contributed by atoms with Gasteiger partial charge >= 0.3 is 0 Å². The van der Waals surface area contributed by atoms with Gasteiger partial charge in [0, 0.05) is 31.2 Å². The zero-order valence-electron chi connectivity index (χ0n) is 9.56. The summed E-state index contributed by atoms with van der Waals surface area (Å²) in [5.41, 5.74) is 1.09. The van der Waals surface area contributed by atoms with Crippen LogP contribution >= 0.6 is 0 Å². The van der Waals surface area contributed by atoms with Crippen LogP contribution < -0.4 is 0 Å². The van der Waals surface area contributed by atoms with Crippen molar-refractivity contribution in [1.29, 1.82) is 0 Å². The van der Waals surface area contributed by atoms with Gasteiger partial charge < -0.3 is 0 Å². The number of nitrogens with zero attached hydrogens (tertiary/aromatic N) is 3. The van der Waals surface area contributed by atoms with Gasteiger partial charge in [0.25, 0.3) is 0 Å². The van der Waals surface area contributed by atoms with E-state index in [1.807, 2.05) is 6.20 Å². The van der Waals surface area contributed by atoms with Crippen LogP contribution in [-0.2, 0) is 6.54 Å². The topological polar surface area (TPSA) is 29.0 Å². The standard InChI is InChI=1S/C12H19N3/c1-10(2)12-4-3-7-15(12)9-11-8-13-5-6-14-11/h5-6,8,10,12H,3-4,7,9H2,1-2H3. The number of hydrogen-bond donors (Lipinski definition) is 0. The predicted octanol–water partition coefficient (Wildman–Crippen LogP) is 2.10. The van der Waals surface area contributed by atoms with Crippen LogP contribution in [0.25, 0.3) is 0 Å². The zero-order valence-corrected chi connectivity index (χ0v) is 9.56. The molecule has 0 bridgehead atoms. The first kappa shape index (κ1) is 10.6. The monoisotopic (exact) mass is 205 g/mol. The van der Waals surface area contributed by atoms with Crippen molar-refractivity contribution in [2.45, 2.75) is 39.3 Å². The summed E-state index contributed by atoms with van der Waals surface area (Å²) in [6, 6.07) is 0.729. The molecule has 1 unspecified atom stereocenters. The fourth-order valence-electron chi connectivity index (χ4n) is 2.42. The third-order valence-electron chi connectivity index (χ3n) is 3.17. The molecule has 2 rings (SSSR count). The van der Waals surface area contributed by atoms with Crippen LogP contribution in [0, 0.1) is 5.92 Å². The minimum Gasteiger partial charge on any atom is -0.294 e. The van der Waals surface area contributed by atoms with Gasteiger partial charge in [0.05, 0.1) is 5.69 Å². The quantitative estimate of drug-likeness (QED) is 0.756. The Morgan fingerprint density at radius 3 is 3.00 bits per heavy atom. The van der Waals surface area contributed by atoms with E-state index in [-0.39, 0.29) is 0 Å². The molecule has 3 nitrogen and oxygen atoms in total. The van der Waals surface area contributed by atoms with Crippen LogP contribution in [0.5, 0.6) is 0 Å². The summed E-state index contributed by atoms with van der Waals surface area (Å²) >= 11 is 0. The highest BCUT2D eigenvalue weighted by molar-refractivity contribution is 4.96. The van der Waals surface area contributed by atoms with Crippen LogP contribution in [0.4, 0.5) is 0 Å². The van der Waals surface area contributed by atoms with Gasteiger partial charge in [0.15, 0.2) is 0 Å². The summed E-state index contributed by atoms with van der Waals surface area (Å²) in [4.78, 5) is 11.0. The zero-order chi connectivity index (χ0) is 10.7. The van der Waals surface area contributed by atoms with E-state index in [0.29, 0.717) is 0 Å². The van der Waals surface area contributed by atoms with Crippen molar-refractivity contribution in [1.82, 2.24) is 14.9 Å². The Hall–Kier alpha value is -0.960. The highest BCUT2D eigenvalue weighted by atomic mass is 15.2. The molecule has 1 fully saturated rings. The molecule has 1 aliphatic rings. The summed E-state index contributed by atoms with van der Waals surface area (Å²) in [6.07, 6.45) is 8.03. The average molecular weight is 205 g/mol. The van der Waals surface area contributed by atoms with Crippen molar-refractivity contribution in [3.63, 3.8) is 0 Å². The van der Waals surface area contributed by atoms with Gasteiger partial charge in [-0.1, -0.05) is 13.8 Å². The van der Waals surface area contributed by atoms with Crippen LogP contribution in [0.1, 0.15) is 32.4 Å². The number of aromatic nitrogens is 2. The lowest BCUT2D eigenvalue weighted by molar-refractivity contribution is 0.196. The Morgan fingerprint density at radius 1 is 1.47 bits per heavy atom. The second-order valence-electron chi connectivity index (χ2n) is 4.62. The van der Waals surface area contributed by atoms with Gasteiger partial charge in [0.1, 0.15) is 0 Å². The second-order valence-corrected chi connectivity index (χ2v) is 4.62. The van der Waals surface area contributed by atoms with Gasteiger partial charge in [-0.3, -0.25) is 14.9 Å². The van der Waals surface area contributed by atoms with E-state index in [2.05, 4.69) is 28.7 Å². The van der Waals surface area contributed by atoms with Gasteiger partial charge in [-0.25, -0.2) is 0 Å². The van der Waals surface area contributed by atoms with Gasteiger partial charge in [0.2, 0.25) is 0 Å². The molecule has 0 saturated carbocycles. The molecule has 0 aromatic carbocycles. The summed E-state index contributed by atoms with van der Waals surface area (Å²) < 4.78 is 0. The molecule has 0 amide bonds. The van der Waals surface area contributed by atoms with Gasteiger partial charge in [-0.05, 0) is 25.3 Å². The Kier molecular flexibility index (Phi) is 3.31. The average Bonchev–Trinajstić information content (AvgIpc) is 2.67. The molecule has 0 aliphatic carbocycles. The van der Waals surface area contributed by atoms with Crippen LogP contribution in [-0.4, -0.2) is 27.5 Å². The maximum atomic E-state index is 4.33. The van der Waals surface area contributed by atoms with E-state index in [1.165, 1.54) is 19.4 Å². The van der Waals surface area contributed by atoms with Crippen molar-refractivity contribution in [3.8, 4) is 0 Å². The van der Waals surface area contributed by atoms with E-state index < -0.39 is 0 Å². The summed E-state index contributed by atoms with van der Waals surface area (Å²) in [7, 11) is 0. The Labute approximate surface area is 91.5 Å². The van der Waals surface area contributed by atoms with Crippen LogP contribution in [0.15, 0.2) is 18.6 Å². The molecule has 1 saturated heterocycles. The molecule has 0 spiro atoms. The van der Waals surface area contributed by atoms with Gasteiger partial charge in [-0.15, -0.1) is 0 Å². The molecule has 1 atom stereocenters. The van der Waals surface area contributed by atoms with Crippen molar-refractivity contribution in [2.24, 2.45) is 5.92 Å². The molecule has 82 valence electrons. The first-order chi connectivity index (χ1) is 7.27. The maximum Gasteiger partial charge on any atom is 0.0726 e. The molecule has 3 heteroatoms. The van der Waals surface area contributed by atoms with E-state index in [4.69, 9.17) is 0 Å². The van der Waals surface area contributed by atoms with E-state index in [1.54, 1.807) is 12.4 Å². The Balaban J connectivity index is 2.00. The highest BCUT2D eigenvalue weighted by Gasteiger charge is 2.26. The second kappa shape index (κ2) is 4.71. The molecule has 0 radical (unpaired) electrons. The van der Waals surface area contributed by atoms with E-state index in [9.17, 15) is 0 Å². The third-order valence-corrected chi connectivity index (χ3v) is 3.17. The number of likely N-dealkylation sites (tertiary alicyclic amines) is 1. The molecule has 15 heavy (non-hydrogen) atoms. The highest BCUT2D eigenvalue weighted by Crippen LogP contribution is 2.24. The van der Waals surface area contributed by atoms with Crippen molar-refractivity contribution in [2.75, 3.05) is 6.54 Å². The first-order valence-corrected chi connectivity index (χ1v) is 5.76. The molecular weight excluding hydrogens is 186 g/mol. The summed E-state index contributed by atoms with van der Waals surface area (Å²) in [5, 5.41) is 0. The smallest absolute Gasteiger partial charge is 0.0726 e. The maximum absolute atomic E-state index is 4.33. The molecule has 1 aromatic heterocycles. The van der Waals surface area contributed by atoms with Crippen molar-refractivity contribution >= 4 is 0 Å². The van der Waals surface area contributed by atoms with E-state index >= 15 is 0 Å². The Morgan fingerprint density at radius 2 is 2.33 bits per heavy atom. The minimum atomic E-state index is 0.729. The third kappa shape index (κ3) is 2.53. The van der Waals surface area contributed by atoms with Crippen LogP contribution in [0.2, 0.25) is 0 Å². The minimum absolute atomic E-state index is 0.729. The lowest BCUT2D eigenvalue weighted by Crippen LogP contribution is -2.33. The number of rotatable bonds is 3. The van der Waals surface area contributed by atoms with E-state index in [0.717, 1.165) is 24.2 Å². The molecular formula is C12H19N3. The normalized spacial score (nSPS) is 22.5. The van der Waals surface area contributed by atoms with Gasteiger partial charge in [-0.2, -0.15) is 0 Å². The van der Waals surface area contributed by atoms with Crippen molar-refractivity contribution in [3.05, 3.63) is 24.3 Å². The Bertz CT molecular complexity index is 297. The van der Waals surface area contributed by atoms with Crippen molar-refractivity contribution < 1.29 is 0 Å². The molecule has 2 heterocycles. The number of hydrogen-bond acceptors (Lipinski definition) is 3. The lowest BCUT2D eigenvalue weighted by Gasteiger charge is -2.26. The SMILES string of the molecule is CC(C)C1CCCN1Cc1cnccn1. The molecule has 0 N–H and O–H groups in total. The predicted molar refractivity (Wildman–Crippen MR) is 60.3 cm³/mol. The fraction of sp³-hybridized carbons (Fsp3) is 0.667. The molecule has 1 aliphatic heterocycles.